The number of amides is 2. The van der Waals surface area contributed by atoms with E-state index in [-0.39, 0.29) is 43.8 Å². The molecule has 4 unspecified atom stereocenters. The van der Waals surface area contributed by atoms with E-state index in [9.17, 15) is 24.6 Å². The van der Waals surface area contributed by atoms with Gasteiger partial charge in [0.05, 0.1) is 37.0 Å². The topological polar surface area (TPSA) is 155 Å². The van der Waals surface area contributed by atoms with Crippen LogP contribution >= 0.6 is 0 Å². The lowest BCUT2D eigenvalue weighted by molar-refractivity contribution is -0.184. The summed E-state index contributed by atoms with van der Waals surface area (Å²) in [5.74, 6) is -0.101. The average molecular weight is 554 g/mol. The Morgan fingerprint density at radius 3 is 2.36 bits per heavy atom. The SMILES string of the molecule is CC(C)C(=O)OCc1ccc(NC(=O)CNC=O)c(OC2CC(O)CC(CO)O2)c1.CC(C)NC(C)C(C)C. The highest BCUT2D eigenvalue weighted by Crippen LogP contribution is 2.30. The molecule has 2 amide bonds. The first kappa shape index (κ1) is 34.3. The van der Waals surface area contributed by atoms with E-state index in [0.717, 1.165) is 5.92 Å². The molecule has 1 aliphatic rings. The summed E-state index contributed by atoms with van der Waals surface area (Å²) >= 11 is 0. The third-order valence-electron chi connectivity index (χ3n) is 5.92. The van der Waals surface area contributed by atoms with Crippen LogP contribution in [0, 0.1) is 11.8 Å². The summed E-state index contributed by atoms with van der Waals surface area (Å²) in [4.78, 5) is 34.1. The number of carbonyl (C=O) groups excluding carboxylic acids is 3. The average Bonchev–Trinajstić information content (AvgIpc) is 2.86. The molecule has 1 aromatic rings. The molecule has 0 spiro atoms. The van der Waals surface area contributed by atoms with Crippen molar-refractivity contribution in [1.29, 1.82) is 0 Å². The molecule has 11 nitrogen and oxygen atoms in total. The van der Waals surface area contributed by atoms with Crippen LogP contribution in [0.15, 0.2) is 18.2 Å². The van der Waals surface area contributed by atoms with Crippen molar-refractivity contribution in [3.63, 3.8) is 0 Å². The molecule has 222 valence electrons. The van der Waals surface area contributed by atoms with Gasteiger partial charge in [-0.3, -0.25) is 14.4 Å². The molecule has 1 saturated heterocycles. The quantitative estimate of drug-likeness (QED) is 0.183. The number of ether oxygens (including phenoxy) is 3. The highest BCUT2D eigenvalue weighted by atomic mass is 16.7. The van der Waals surface area contributed by atoms with Crippen LogP contribution in [-0.4, -0.2) is 72.2 Å². The minimum atomic E-state index is -0.844. The number of carbonyl (C=O) groups is 3. The molecule has 0 saturated carbocycles. The smallest absolute Gasteiger partial charge is 0.308 e. The molecule has 11 heteroatoms. The summed E-state index contributed by atoms with van der Waals surface area (Å²) in [5, 5.41) is 27.6. The minimum Gasteiger partial charge on any atom is -0.463 e. The Morgan fingerprint density at radius 2 is 1.82 bits per heavy atom. The molecule has 0 radical (unpaired) electrons. The number of hydrogen-bond acceptors (Lipinski definition) is 9. The molecule has 1 fully saturated rings. The number of benzene rings is 1. The van der Waals surface area contributed by atoms with E-state index < -0.39 is 24.4 Å². The van der Waals surface area contributed by atoms with Gasteiger partial charge in [-0.15, -0.1) is 0 Å². The van der Waals surface area contributed by atoms with E-state index in [4.69, 9.17) is 14.2 Å². The largest absolute Gasteiger partial charge is 0.463 e. The predicted octanol–water partition coefficient (Wildman–Crippen LogP) is 2.34. The summed E-state index contributed by atoms with van der Waals surface area (Å²) in [7, 11) is 0. The van der Waals surface area contributed by atoms with Crippen LogP contribution in [0.5, 0.6) is 5.75 Å². The standard InChI is InChI=1S/C20H28N2O8.C8H19N/c1-12(2)20(27)28-10-13-3-4-16(22-18(26)8-21-11-24)17(5-13)30-19-7-14(25)6-15(9-23)29-19;1-6(2)8(5)9-7(3)4/h3-5,11-12,14-15,19,23,25H,6-10H2,1-2H3,(H,21,24)(H,22,26);6-9H,1-5H3. The zero-order valence-corrected chi connectivity index (χ0v) is 24.2. The van der Waals surface area contributed by atoms with Crippen molar-refractivity contribution in [3.05, 3.63) is 23.8 Å². The second-order valence-electron chi connectivity index (χ2n) is 10.6. The first-order chi connectivity index (χ1) is 18.4. The maximum Gasteiger partial charge on any atom is 0.308 e. The molecule has 4 atom stereocenters. The first-order valence-electron chi connectivity index (χ1n) is 13.5. The molecular weight excluding hydrogens is 506 g/mol. The Bertz CT molecular complexity index is 894. The molecule has 0 bridgehead atoms. The number of aliphatic hydroxyl groups excluding tert-OH is 2. The van der Waals surface area contributed by atoms with E-state index in [1.807, 2.05) is 0 Å². The molecule has 1 aliphatic heterocycles. The van der Waals surface area contributed by atoms with Gasteiger partial charge in [-0.1, -0.05) is 47.6 Å². The van der Waals surface area contributed by atoms with E-state index in [2.05, 4.69) is 50.6 Å². The summed E-state index contributed by atoms with van der Waals surface area (Å²) in [5.41, 5.74) is 0.939. The Hall–Kier alpha value is -2.73. The second kappa shape index (κ2) is 17.8. The van der Waals surface area contributed by atoms with Gasteiger partial charge in [0.1, 0.15) is 12.4 Å². The third kappa shape index (κ3) is 13.8. The zero-order chi connectivity index (χ0) is 29.5. The van der Waals surface area contributed by atoms with Crippen molar-refractivity contribution in [2.24, 2.45) is 11.8 Å². The van der Waals surface area contributed by atoms with Crippen LogP contribution in [0.2, 0.25) is 0 Å². The second-order valence-corrected chi connectivity index (χ2v) is 10.6. The van der Waals surface area contributed by atoms with E-state index >= 15 is 0 Å². The lowest BCUT2D eigenvalue weighted by Gasteiger charge is -2.32. The third-order valence-corrected chi connectivity index (χ3v) is 5.92. The van der Waals surface area contributed by atoms with Crippen LogP contribution in [0.1, 0.15) is 66.9 Å². The number of anilines is 1. The zero-order valence-electron chi connectivity index (χ0n) is 24.2. The number of aliphatic hydroxyl groups is 2. The fourth-order valence-electron chi connectivity index (χ4n) is 3.51. The molecule has 5 N–H and O–H groups in total. The Kier molecular flexibility index (Phi) is 15.6. The maximum atomic E-state index is 12.0. The number of nitrogens with one attached hydrogen (secondary N) is 3. The van der Waals surface area contributed by atoms with Crippen molar-refractivity contribution >= 4 is 24.0 Å². The lowest BCUT2D eigenvalue weighted by atomic mass is 10.1. The van der Waals surface area contributed by atoms with Gasteiger partial charge in [-0.25, -0.2) is 0 Å². The molecule has 1 aromatic carbocycles. The van der Waals surface area contributed by atoms with Gasteiger partial charge in [-0.2, -0.15) is 0 Å². The minimum absolute atomic E-state index is 0.0156. The molecule has 0 aliphatic carbocycles. The van der Waals surface area contributed by atoms with Gasteiger partial charge in [0.2, 0.25) is 18.6 Å². The van der Waals surface area contributed by atoms with Crippen LogP contribution < -0.4 is 20.7 Å². The van der Waals surface area contributed by atoms with Crippen LogP contribution in [0.3, 0.4) is 0 Å². The Labute approximate surface area is 232 Å². The predicted molar refractivity (Wildman–Crippen MR) is 148 cm³/mol. The van der Waals surface area contributed by atoms with Gasteiger partial charge in [0.15, 0.2) is 0 Å². The fourth-order valence-corrected chi connectivity index (χ4v) is 3.51. The van der Waals surface area contributed by atoms with Crippen LogP contribution in [0.25, 0.3) is 0 Å². The Morgan fingerprint density at radius 1 is 1.13 bits per heavy atom. The van der Waals surface area contributed by atoms with Gasteiger partial charge in [0.25, 0.3) is 0 Å². The van der Waals surface area contributed by atoms with Gasteiger partial charge < -0.3 is 40.4 Å². The van der Waals surface area contributed by atoms with Gasteiger partial charge in [0, 0.05) is 24.9 Å². The van der Waals surface area contributed by atoms with Gasteiger partial charge in [-0.05, 0) is 30.5 Å². The molecule has 0 aromatic heterocycles. The van der Waals surface area contributed by atoms with E-state index in [0.29, 0.717) is 36.2 Å². The van der Waals surface area contributed by atoms with E-state index in [1.165, 1.54) is 0 Å². The molecule has 1 heterocycles. The van der Waals surface area contributed by atoms with E-state index in [1.54, 1.807) is 32.0 Å². The number of esters is 1. The first-order valence-corrected chi connectivity index (χ1v) is 13.5. The maximum absolute atomic E-state index is 12.0. The van der Waals surface area contributed by atoms with Crippen molar-refractivity contribution in [3.8, 4) is 5.75 Å². The fraction of sp³-hybridized carbons (Fsp3) is 0.679. The number of rotatable bonds is 13. The number of hydrogen-bond donors (Lipinski definition) is 5. The van der Waals surface area contributed by atoms with Crippen LogP contribution in [-0.2, 0) is 30.5 Å². The molecule has 2 rings (SSSR count). The van der Waals surface area contributed by atoms with Gasteiger partial charge >= 0.3 is 5.97 Å². The molecule has 39 heavy (non-hydrogen) atoms. The summed E-state index contributed by atoms with van der Waals surface area (Å²) in [6.07, 6.45) is -1.22. The highest BCUT2D eigenvalue weighted by Gasteiger charge is 2.30. The summed E-state index contributed by atoms with van der Waals surface area (Å²) in [6, 6.07) is 6.09. The van der Waals surface area contributed by atoms with Crippen molar-refractivity contribution in [2.45, 2.75) is 98.5 Å². The summed E-state index contributed by atoms with van der Waals surface area (Å²) in [6.45, 7) is 14.0. The van der Waals surface area contributed by atoms with Crippen molar-refractivity contribution in [1.82, 2.24) is 10.6 Å². The van der Waals surface area contributed by atoms with Crippen molar-refractivity contribution < 1.29 is 38.8 Å². The summed E-state index contributed by atoms with van der Waals surface area (Å²) < 4.78 is 16.7. The highest BCUT2D eigenvalue weighted by molar-refractivity contribution is 5.94. The molecular formula is C28H47N3O8. The normalized spacial score (nSPS) is 19.6. The monoisotopic (exact) mass is 553 g/mol. The van der Waals surface area contributed by atoms with Crippen LogP contribution in [0.4, 0.5) is 5.69 Å². The lowest BCUT2D eigenvalue weighted by Crippen LogP contribution is -2.40. The van der Waals surface area contributed by atoms with Crippen molar-refractivity contribution in [2.75, 3.05) is 18.5 Å². The Balaban J connectivity index is 0.000000724.